The SMILES string of the molecule is CN(C(=O)C(N)Cc1ccc(I)cc1)C(CCCN)C(=O)NCCc1ccc(F)cc1.O=C(O)C(F)(F)F. The number of hydrogen-bond donors (Lipinski definition) is 4. The van der Waals surface area contributed by atoms with Crippen LogP contribution in [0.4, 0.5) is 17.6 Å². The summed E-state index contributed by atoms with van der Waals surface area (Å²) in [7, 11) is 1.61. The Kier molecular flexibility index (Phi) is 14.2. The van der Waals surface area contributed by atoms with Gasteiger partial charge in [0.25, 0.3) is 0 Å². The molecule has 2 amide bonds. The fourth-order valence-electron chi connectivity index (χ4n) is 3.29. The standard InChI is InChI=1S/C23H30FIN4O2.C2HF3O2/c1-29(23(31)20(27)15-17-6-10-19(25)11-7-17)21(3-2-13-26)22(30)28-14-12-16-4-8-18(24)9-5-16;3-2(4,5)1(6)7/h4-11,20-21H,2-3,12-15,26-27H2,1H3,(H,28,30);(H,6,7). The van der Waals surface area contributed by atoms with E-state index in [1.54, 1.807) is 19.2 Å². The van der Waals surface area contributed by atoms with Crippen molar-refractivity contribution in [1.82, 2.24) is 10.2 Å². The average Bonchev–Trinajstić information content (AvgIpc) is 2.86. The van der Waals surface area contributed by atoms with Crippen LogP contribution in [0.3, 0.4) is 0 Å². The van der Waals surface area contributed by atoms with Gasteiger partial charge >= 0.3 is 12.1 Å². The maximum Gasteiger partial charge on any atom is 0.490 e. The molecule has 38 heavy (non-hydrogen) atoms. The number of nitrogens with two attached hydrogens (primary N) is 2. The number of amides is 2. The summed E-state index contributed by atoms with van der Waals surface area (Å²) in [5, 5.41) is 10.0. The van der Waals surface area contributed by atoms with Gasteiger partial charge in [-0.05, 0) is 90.2 Å². The molecule has 210 valence electrons. The summed E-state index contributed by atoms with van der Waals surface area (Å²) < 4.78 is 45.9. The summed E-state index contributed by atoms with van der Waals surface area (Å²) in [6, 6.07) is 12.6. The van der Waals surface area contributed by atoms with E-state index in [9.17, 15) is 27.2 Å². The van der Waals surface area contributed by atoms with Gasteiger partial charge in [-0.1, -0.05) is 24.3 Å². The fraction of sp³-hybridized carbons (Fsp3) is 0.400. The van der Waals surface area contributed by atoms with Crippen molar-refractivity contribution < 1.29 is 37.1 Å². The van der Waals surface area contributed by atoms with Crippen LogP contribution in [0, 0.1) is 9.39 Å². The number of likely N-dealkylation sites (N-methyl/N-ethyl adjacent to an activating group) is 1. The summed E-state index contributed by atoms with van der Waals surface area (Å²) >= 11 is 2.22. The van der Waals surface area contributed by atoms with Crippen LogP contribution in [0.5, 0.6) is 0 Å². The maximum atomic E-state index is 13.0. The predicted octanol–water partition coefficient (Wildman–Crippen LogP) is 2.86. The molecule has 2 atom stereocenters. The first-order valence-corrected chi connectivity index (χ1v) is 12.6. The quantitative estimate of drug-likeness (QED) is 0.217. The molecule has 2 rings (SSSR count). The van der Waals surface area contributed by atoms with Gasteiger partial charge in [0.15, 0.2) is 0 Å². The Hall–Kier alpha value is -2.78. The van der Waals surface area contributed by atoms with E-state index in [-0.39, 0.29) is 17.6 Å². The molecule has 0 fully saturated rings. The summed E-state index contributed by atoms with van der Waals surface area (Å²) in [5.41, 5.74) is 13.7. The number of aliphatic carboxylic acids is 1. The molecule has 0 heterocycles. The molecular weight excluding hydrogens is 623 g/mol. The lowest BCUT2D eigenvalue weighted by Gasteiger charge is -2.29. The van der Waals surface area contributed by atoms with Gasteiger partial charge in [0.2, 0.25) is 11.8 Å². The molecule has 0 radical (unpaired) electrons. The fourth-order valence-corrected chi connectivity index (χ4v) is 3.65. The second-order valence-corrected chi connectivity index (χ2v) is 9.55. The molecule has 0 aliphatic rings. The van der Waals surface area contributed by atoms with E-state index in [0.717, 1.165) is 14.7 Å². The van der Waals surface area contributed by atoms with Crippen molar-refractivity contribution >= 4 is 40.4 Å². The van der Waals surface area contributed by atoms with Crippen molar-refractivity contribution in [3.05, 3.63) is 69.0 Å². The smallest absolute Gasteiger partial charge is 0.475 e. The van der Waals surface area contributed by atoms with Crippen molar-refractivity contribution in [2.75, 3.05) is 20.1 Å². The van der Waals surface area contributed by atoms with Gasteiger partial charge in [0.1, 0.15) is 11.9 Å². The lowest BCUT2D eigenvalue weighted by molar-refractivity contribution is -0.192. The third-order valence-electron chi connectivity index (χ3n) is 5.35. The van der Waals surface area contributed by atoms with Gasteiger partial charge in [-0.15, -0.1) is 0 Å². The van der Waals surface area contributed by atoms with E-state index < -0.39 is 24.2 Å². The number of alkyl halides is 3. The van der Waals surface area contributed by atoms with Crippen LogP contribution < -0.4 is 16.8 Å². The normalized spacial score (nSPS) is 12.5. The van der Waals surface area contributed by atoms with Crippen LogP contribution in [0.25, 0.3) is 0 Å². The highest BCUT2D eigenvalue weighted by Gasteiger charge is 2.38. The monoisotopic (exact) mass is 654 g/mol. The molecule has 2 aromatic rings. The number of carboxylic acid groups (broad SMARTS) is 1. The zero-order chi connectivity index (χ0) is 28.9. The number of nitrogens with zero attached hydrogens (tertiary/aromatic N) is 1. The molecule has 2 unspecified atom stereocenters. The molecule has 0 spiro atoms. The van der Waals surface area contributed by atoms with E-state index in [1.165, 1.54) is 17.0 Å². The van der Waals surface area contributed by atoms with E-state index in [0.29, 0.717) is 38.8 Å². The van der Waals surface area contributed by atoms with Gasteiger partial charge in [-0.25, -0.2) is 9.18 Å². The van der Waals surface area contributed by atoms with Crippen molar-refractivity contribution in [2.45, 2.75) is 43.9 Å². The zero-order valence-electron chi connectivity index (χ0n) is 20.7. The summed E-state index contributed by atoms with van der Waals surface area (Å²) in [6.45, 7) is 0.816. The molecule has 0 saturated carbocycles. The van der Waals surface area contributed by atoms with Crippen molar-refractivity contribution in [1.29, 1.82) is 0 Å². The van der Waals surface area contributed by atoms with Gasteiger partial charge in [0, 0.05) is 17.2 Å². The Bertz CT molecular complexity index is 1040. The van der Waals surface area contributed by atoms with E-state index in [1.807, 2.05) is 24.3 Å². The van der Waals surface area contributed by atoms with Crippen LogP contribution in [0.2, 0.25) is 0 Å². The molecule has 8 nitrogen and oxygen atoms in total. The second-order valence-electron chi connectivity index (χ2n) is 8.30. The Labute approximate surface area is 231 Å². The number of rotatable bonds is 11. The van der Waals surface area contributed by atoms with Crippen LogP contribution in [-0.2, 0) is 27.2 Å². The van der Waals surface area contributed by atoms with Crippen LogP contribution in [-0.4, -0.2) is 66.2 Å². The molecule has 0 aliphatic heterocycles. The number of nitrogens with one attached hydrogen (secondary N) is 1. The van der Waals surface area contributed by atoms with Crippen molar-refractivity contribution in [2.24, 2.45) is 11.5 Å². The van der Waals surface area contributed by atoms with Crippen molar-refractivity contribution in [3.63, 3.8) is 0 Å². The number of benzene rings is 2. The number of carbonyl (C=O) groups excluding carboxylic acids is 2. The third kappa shape index (κ3) is 12.2. The summed E-state index contributed by atoms with van der Waals surface area (Å²) in [5.74, 6) is -3.58. The lowest BCUT2D eigenvalue weighted by Crippen LogP contribution is -2.53. The Morgan fingerprint density at radius 3 is 2.08 bits per heavy atom. The number of halogens is 5. The first-order chi connectivity index (χ1) is 17.8. The molecular formula is C25H31F4IN4O4. The molecule has 2 aromatic carbocycles. The topological polar surface area (TPSA) is 139 Å². The summed E-state index contributed by atoms with van der Waals surface area (Å²) in [4.78, 5) is 36.0. The number of carbonyl (C=O) groups is 3. The first-order valence-electron chi connectivity index (χ1n) is 11.5. The minimum absolute atomic E-state index is 0.243. The third-order valence-corrected chi connectivity index (χ3v) is 6.07. The second kappa shape index (κ2) is 16.2. The predicted molar refractivity (Wildman–Crippen MR) is 142 cm³/mol. The van der Waals surface area contributed by atoms with Gasteiger partial charge in [0.05, 0.1) is 6.04 Å². The largest absolute Gasteiger partial charge is 0.490 e. The van der Waals surface area contributed by atoms with Gasteiger partial charge < -0.3 is 26.8 Å². The lowest BCUT2D eigenvalue weighted by atomic mass is 10.0. The number of hydrogen-bond acceptors (Lipinski definition) is 5. The molecule has 0 aliphatic carbocycles. The Morgan fingerprint density at radius 1 is 1.05 bits per heavy atom. The van der Waals surface area contributed by atoms with E-state index >= 15 is 0 Å². The highest BCUT2D eigenvalue weighted by molar-refractivity contribution is 14.1. The van der Waals surface area contributed by atoms with Crippen LogP contribution in [0.15, 0.2) is 48.5 Å². The average molecular weight is 654 g/mol. The van der Waals surface area contributed by atoms with Gasteiger partial charge in [-0.3, -0.25) is 9.59 Å². The maximum absolute atomic E-state index is 13.0. The number of carboxylic acids is 1. The van der Waals surface area contributed by atoms with Crippen LogP contribution in [0.1, 0.15) is 24.0 Å². The van der Waals surface area contributed by atoms with Crippen LogP contribution >= 0.6 is 22.6 Å². The molecule has 0 bridgehead atoms. The van der Waals surface area contributed by atoms with Crippen molar-refractivity contribution in [3.8, 4) is 0 Å². The molecule has 0 saturated heterocycles. The molecule has 0 aromatic heterocycles. The highest BCUT2D eigenvalue weighted by Crippen LogP contribution is 2.13. The van der Waals surface area contributed by atoms with Gasteiger partial charge in [-0.2, -0.15) is 13.2 Å². The minimum Gasteiger partial charge on any atom is -0.475 e. The highest BCUT2D eigenvalue weighted by atomic mass is 127. The first kappa shape index (κ1) is 33.2. The summed E-state index contributed by atoms with van der Waals surface area (Å²) in [6.07, 6.45) is -3.05. The Balaban J connectivity index is 0.000000905. The molecule has 6 N–H and O–H groups in total. The zero-order valence-corrected chi connectivity index (χ0v) is 22.8. The molecule has 13 heteroatoms. The van der Waals surface area contributed by atoms with E-state index in [2.05, 4.69) is 27.9 Å². The minimum atomic E-state index is -5.08. The van der Waals surface area contributed by atoms with E-state index in [4.69, 9.17) is 21.4 Å². The Morgan fingerprint density at radius 2 is 1.58 bits per heavy atom.